The molecule has 2 rings (SSSR count). The fourth-order valence-corrected chi connectivity index (χ4v) is 3.44. The average Bonchev–Trinajstić information content (AvgIpc) is 2.71. The molecule has 1 aromatic heterocycles. The van der Waals surface area contributed by atoms with Crippen LogP contribution in [0.4, 0.5) is 4.39 Å². The lowest BCUT2D eigenvalue weighted by atomic mass is 9.88. The first-order valence-corrected chi connectivity index (χ1v) is 7.57. The summed E-state index contributed by atoms with van der Waals surface area (Å²) < 4.78 is 14.3. The highest BCUT2D eigenvalue weighted by molar-refractivity contribution is 7.19. The van der Waals surface area contributed by atoms with E-state index in [9.17, 15) is 4.39 Å². The maximum absolute atomic E-state index is 13.2. The first-order valence-electron chi connectivity index (χ1n) is 6.75. The molecule has 1 unspecified atom stereocenters. The Bertz CT molecular complexity index is 553. The van der Waals surface area contributed by atoms with Gasteiger partial charge in [-0.05, 0) is 48.9 Å². The molecule has 0 bridgehead atoms. The minimum absolute atomic E-state index is 0.156. The molecular weight excluding hydrogens is 257 g/mol. The summed E-state index contributed by atoms with van der Waals surface area (Å²) in [4.78, 5) is 1.30. The van der Waals surface area contributed by atoms with E-state index in [1.165, 1.54) is 17.4 Å². The number of halogens is 1. The standard InChI is InChI=1S/C16H22FNS/c1-16(2,3)8-7-13(18-4)15-9-11-5-6-12(17)10-14(11)19-15/h5-6,9-10,13,18H,7-8H2,1-4H3. The zero-order valence-corrected chi connectivity index (χ0v) is 12.9. The van der Waals surface area contributed by atoms with Crippen molar-refractivity contribution >= 4 is 21.4 Å². The molecule has 0 radical (unpaired) electrons. The Morgan fingerprint density at radius 2 is 2.00 bits per heavy atom. The molecule has 1 nitrogen and oxygen atoms in total. The molecule has 0 spiro atoms. The van der Waals surface area contributed by atoms with Gasteiger partial charge in [0.15, 0.2) is 0 Å². The average molecular weight is 279 g/mol. The van der Waals surface area contributed by atoms with Gasteiger partial charge in [-0.3, -0.25) is 0 Å². The van der Waals surface area contributed by atoms with Gasteiger partial charge >= 0.3 is 0 Å². The van der Waals surface area contributed by atoms with Crippen LogP contribution in [-0.2, 0) is 0 Å². The number of nitrogens with one attached hydrogen (secondary N) is 1. The summed E-state index contributed by atoms with van der Waals surface area (Å²) in [5.41, 5.74) is 0.345. The van der Waals surface area contributed by atoms with Gasteiger partial charge in [-0.25, -0.2) is 4.39 Å². The smallest absolute Gasteiger partial charge is 0.124 e. The number of rotatable bonds is 4. The first-order chi connectivity index (χ1) is 8.89. The molecule has 3 heteroatoms. The molecule has 19 heavy (non-hydrogen) atoms. The molecule has 0 aliphatic rings. The van der Waals surface area contributed by atoms with Gasteiger partial charge in [-0.15, -0.1) is 11.3 Å². The van der Waals surface area contributed by atoms with Gasteiger partial charge in [0.25, 0.3) is 0 Å². The fourth-order valence-electron chi connectivity index (χ4n) is 2.20. The van der Waals surface area contributed by atoms with Crippen LogP contribution < -0.4 is 5.32 Å². The second-order valence-electron chi connectivity index (χ2n) is 6.27. The third kappa shape index (κ3) is 3.77. The van der Waals surface area contributed by atoms with Crippen molar-refractivity contribution in [2.45, 2.75) is 39.7 Å². The number of hydrogen-bond acceptors (Lipinski definition) is 2. The van der Waals surface area contributed by atoms with Crippen molar-refractivity contribution in [1.82, 2.24) is 5.32 Å². The SMILES string of the molecule is CNC(CCC(C)(C)C)c1cc2ccc(F)cc2s1. The molecular formula is C16H22FNS. The summed E-state index contributed by atoms with van der Waals surface area (Å²) in [6.07, 6.45) is 2.27. The van der Waals surface area contributed by atoms with E-state index in [0.717, 1.165) is 16.5 Å². The molecule has 0 fully saturated rings. The Labute approximate surface area is 118 Å². The molecule has 1 aromatic carbocycles. The van der Waals surface area contributed by atoms with Crippen molar-refractivity contribution in [1.29, 1.82) is 0 Å². The van der Waals surface area contributed by atoms with Crippen LogP contribution in [0, 0.1) is 11.2 Å². The minimum Gasteiger partial charge on any atom is -0.312 e. The van der Waals surface area contributed by atoms with E-state index < -0.39 is 0 Å². The van der Waals surface area contributed by atoms with Crippen LogP contribution in [-0.4, -0.2) is 7.05 Å². The lowest BCUT2D eigenvalue weighted by Crippen LogP contribution is -2.17. The lowest BCUT2D eigenvalue weighted by molar-refractivity contribution is 0.339. The molecule has 1 heterocycles. The van der Waals surface area contributed by atoms with Crippen molar-refractivity contribution in [3.05, 3.63) is 35.0 Å². The monoisotopic (exact) mass is 279 g/mol. The zero-order chi connectivity index (χ0) is 14.0. The summed E-state index contributed by atoms with van der Waals surface area (Å²) in [7, 11) is 2.00. The van der Waals surface area contributed by atoms with Crippen LogP contribution in [0.5, 0.6) is 0 Å². The first kappa shape index (κ1) is 14.5. The van der Waals surface area contributed by atoms with Crippen LogP contribution in [0.1, 0.15) is 44.5 Å². The molecule has 0 saturated heterocycles. The number of hydrogen-bond donors (Lipinski definition) is 1. The second kappa shape index (κ2) is 5.59. The number of thiophene rings is 1. The zero-order valence-electron chi connectivity index (χ0n) is 12.1. The van der Waals surface area contributed by atoms with Gasteiger partial charge < -0.3 is 5.32 Å². The molecule has 1 atom stereocenters. The van der Waals surface area contributed by atoms with Crippen molar-refractivity contribution < 1.29 is 4.39 Å². The van der Waals surface area contributed by atoms with E-state index >= 15 is 0 Å². The van der Waals surface area contributed by atoms with Crippen LogP contribution >= 0.6 is 11.3 Å². The Morgan fingerprint density at radius 3 is 2.63 bits per heavy atom. The maximum atomic E-state index is 13.2. The molecule has 2 aromatic rings. The molecule has 0 amide bonds. The van der Waals surface area contributed by atoms with E-state index in [4.69, 9.17) is 0 Å². The summed E-state index contributed by atoms with van der Waals surface area (Å²) in [5, 5.41) is 4.52. The van der Waals surface area contributed by atoms with Gasteiger partial charge in [0.1, 0.15) is 5.82 Å². The Balaban J connectivity index is 2.20. The van der Waals surface area contributed by atoms with E-state index in [0.29, 0.717) is 11.5 Å². The maximum Gasteiger partial charge on any atom is 0.124 e. The summed E-state index contributed by atoms with van der Waals surface area (Å²) in [6, 6.07) is 7.56. The Hall–Kier alpha value is -0.930. The van der Waals surface area contributed by atoms with E-state index in [-0.39, 0.29) is 5.82 Å². The molecule has 1 N–H and O–H groups in total. The molecule has 104 valence electrons. The van der Waals surface area contributed by atoms with Gasteiger partial charge in [0.05, 0.1) is 0 Å². The lowest BCUT2D eigenvalue weighted by Gasteiger charge is -2.22. The van der Waals surface area contributed by atoms with E-state index in [1.807, 2.05) is 13.1 Å². The van der Waals surface area contributed by atoms with E-state index in [2.05, 4.69) is 32.2 Å². The summed E-state index contributed by atoms with van der Waals surface area (Å²) >= 11 is 1.69. The fraction of sp³-hybridized carbons (Fsp3) is 0.500. The predicted molar refractivity (Wildman–Crippen MR) is 82.3 cm³/mol. The van der Waals surface area contributed by atoms with Crippen molar-refractivity contribution in [3.63, 3.8) is 0 Å². The third-order valence-electron chi connectivity index (χ3n) is 3.38. The van der Waals surface area contributed by atoms with Crippen LogP contribution in [0.2, 0.25) is 0 Å². The minimum atomic E-state index is -0.156. The highest BCUT2D eigenvalue weighted by atomic mass is 32.1. The highest BCUT2D eigenvalue weighted by Crippen LogP contribution is 2.34. The van der Waals surface area contributed by atoms with Crippen LogP contribution in [0.25, 0.3) is 10.1 Å². The van der Waals surface area contributed by atoms with Crippen molar-refractivity contribution in [2.75, 3.05) is 7.05 Å². The largest absolute Gasteiger partial charge is 0.312 e. The van der Waals surface area contributed by atoms with Crippen molar-refractivity contribution in [3.8, 4) is 0 Å². The Morgan fingerprint density at radius 1 is 1.26 bits per heavy atom. The highest BCUT2D eigenvalue weighted by Gasteiger charge is 2.17. The van der Waals surface area contributed by atoms with Crippen molar-refractivity contribution in [2.24, 2.45) is 5.41 Å². The van der Waals surface area contributed by atoms with Gasteiger partial charge in [0.2, 0.25) is 0 Å². The van der Waals surface area contributed by atoms with Gasteiger partial charge in [-0.2, -0.15) is 0 Å². The predicted octanol–water partition coefficient (Wildman–Crippen LogP) is 5.13. The third-order valence-corrected chi connectivity index (χ3v) is 4.59. The summed E-state index contributed by atoms with van der Waals surface area (Å²) in [5.74, 6) is -0.156. The summed E-state index contributed by atoms with van der Waals surface area (Å²) in [6.45, 7) is 6.79. The van der Waals surface area contributed by atoms with E-state index in [1.54, 1.807) is 17.4 Å². The molecule has 0 saturated carbocycles. The quantitative estimate of drug-likeness (QED) is 0.818. The molecule has 0 aliphatic heterocycles. The van der Waals surface area contributed by atoms with Crippen LogP contribution in [0.3, 0.4) is 0 Å². The van der Waals surface area contributed by atoms with Crippen LogP contribution in [0.15, 0.2) is 24.3 Å². The topological polar surface area (TPSA) is 12.0 Å². The molecule has 0 aliphatic carbocycles. The Kier molecular flexibility index (Phi) is 4.26. The number of benzene rings is 1. The van der Waals surface area contributed by atoms with Gasteiger partial charge in [-0.1, -0.05) is 26.8 Å². The normalized spacial score (nSPS) is 13.9. The number of fused-ring (bicyclic) bond motifs is 1. The van der Waals surface area contributed by atoms with Gasteiger partial charge in [0, 0.05) is 15.6 Å². The second-order valence-corrected chi connectivity index (χ2v) is 7.39.